The Morgan fingerprint density at radius 2 is 2.00 bits per heavy atom. The number of thiophene rings is 1. The molecule has 2 nitrogen and oxygen atoms in total. The highest BCUT2D eigenvalue weighted by Crippen LogP contribution is 2.34. The Bertz CT molecular complexity index is 775. The van der Waals surface area contributed by atoms with Crippen molar-refractivity contribution in [1.29, 1.82) is 0 Å². The van der Waals surface area contributed by atoms with Gasteiger partial charge in [0.15, 0.2) is 0 Å². The molecule has 1 aromatic heterocycles. The van der Waals surface area contributed by atoms with Crippen LogP contribution in [0.4, 0.5) is 10.1 Å². The monoisotopic (exact) mass is 357 g/mol. The zero-order chi connectivity index (χ0) is 18.0. The van der Waals surface area contributed by atoms with Crippen molar-refractivity contribution in [3.63, 3.8) is 0 Å². The molecule has 4 heteroatoms. The summed E-state index contributed by atoms with van der Waals surface area (Å²) in [6.45, 7) is 6.31. The summed E-state index contributed by atoms with van der Waals surface area (Å²) in [5.41, 5.74) is 2.82. The number of carbonyl (C=O) groups excluding carboxylic acids is 1. The molecular weight excluding hydrogens is 333 g/mol. The van der Waals surface area contributed by atoms with Crippen molar-refractivity contribution < 1.29 is 9.18 Å². The van der Waals surface area contributed by atoms with E-state index in [-0.39, 0.29) is 17.8 Å². The van der Waals surface area contributed by atoms with E-state index in [9.17, 15) is 9.18 Å². The van der Waals surface area contributed by atoms with Gasteiger partial charge in [-0.2, -0.15) is 0 Å². The van der Waals surface area contributed by atoms with Gasteiger partial charge in [0.2, 0.25) is 0 Å². The largest absolute Gasteiger partial charge is 0.305 e. The predicted octanol–water partition coefficient (Wildman–Crippen LogP) is 6.04. The van der Waals surface area contributed by atoms with Gasteiger partial charge in [0.1, 0.15) is 5.82 Å². The zero-order valence-electron chi connectivity index (χ0n) is 15.0. The summed E-state index contributed by atoms with van der Waals surface area (Å²) in [5.74, 6) is 0.540. The van der Waals surface area contributed by atoms with Gasteiger partial charge < -0.3 is 4.90 Å². The molecule has 1 atom stereocenters. The number of allylic oxidation sites excluding steroid dienone is 1. The van der Waals surface area contributed by atoms with Crippen molar-refractivity contribution >= 4 is 22.9 Å². The summed E-state index contributed by atoms with van der Waals surface area (Å²) in [5, 5.41) is 2.02. The third-order valence-electron chi connectivity index (χ3n) is 4.68. The second-order valence-electron chi connectivity index (χ2n) is 7.05. The van der Waals surface area contributed by atoms with E-state index in [2.05, 4.69) is 13.0 Å². The van der Waals surface area contributed by atoms with Crippen molar-refractivity contribution in [3.8, 4) is 10.4 Å². The van der Waals surface area contributed by atoms with Crippen molar-refractivity contribution in [2.24, 2.45) is 5.92 Å². The lowest BCUT2D eigenvalue weighted by atomic mass is 9.90. The van der Waals surface area contributed by atoms with Crippen LogP contribution in [0.1, 0.15) is 40.0 Å². The average Bonchev–Trinajstić information content (AvgIpc) is 3.05. The van der Waals surface area contributed by atoms with E-state index in [0.29, 0.717) is 5.92 Å². The Labute approximate surface area is 153 Å². The van der Waals surface area contributed by atoms with E-state index in [4.69, 9.17) is 0 Å². The number of hydrogen-bond donors (Lipinski definition) is 0. The second kappa shape index (κ2) is 7.52. The van der Waals surface area contributed by atoms with E-state index < -0.39 is 0 Å². The quantitative estimate of drug-likeness (QED) is 0.653. The predicted molar refractivity (Wildman–Crippen MR) is 103 cm³/mol. The van der Waals surface area contributed by atoms with Crippen LogP contribution in [-0.4, -0.2) is 11.9 Å². The van der Waals surface area contributed by atoms with E-state index in [1.165, 1.54) is 12.1 Å². The van der Waals surface area contributed by atoms with Crippen molar-refractivity contribution in [1.82, 2.24) is 0 Å². The first-order valence-corrected chi connectivity index (χ1v) is 9.70. The summed E-state index contributed by atoms with van der Waals surface area (Å²) in [6, 6.07) is 8.60. The number of hydrogen-bond acceptors (Lipinski definition) is 2. The molecule has 1 aliphatic rings. The van der Waals surface area contributed by atoms with Gasteiger partial charge in [0.05, 0.1) is 5.69 Å². The molecule has 0 aliphatic heterocycles. The molecule has 1 amide bonds. The van der Waals surface area contributed by atoms with E-state index in [0.717, 1.165) is 41.0 Å². The molecule has 0 radical (unpaired) electrons. The first-order chi connectivity index (χ1) is 12.0. The fourth-order valence-corrected chi connectivity index (χ4v) is 4.07. The Morgan fingerprint density at radius 1 is 1.28 bits per heavy atom. The molecule has 0 saturated heterocycles. The SMILES string of the molecule is CC(C)N(C(=O)C1=CC[C@H](C)CC1)c1csc(-c2ccc(F)cc2)c1. The van der Waals surface area contributed by atoms with Crippen LogP contribution < -0.4 is 4.90 Å². The molecule has 0 spiro atoms. The van der Waals surface area contributed by atoms with Crippen molar-refractivity contribution in [2.45, 2.75) is 46.1 Å². The van der Waals surface area contributed by atoms with Gasteiger partial charge in [-0.15, -0.1) is 11.3 Å². The van der Waals surface area contributed by atoms with Crippen molar-refractivity contribution in [3.05, 3.63) is 53.2 Å². The fourth-order valence-electron chi connectivity index (χ4n) is 3.18. The highest BCUT2D eigenvalue weighted by molar-refractivity contribution is 7.14. The van der Waals surface area contributed by atoms with Crippen molar-refractivity contribution in [2.75, 3.05) is 4.90 Å². The third kappa shape index (κ3) is 4.01. The van der Waals surface area contributed by atoms with Crippen LogP contribution in [0.3, 0.4) is 0 Å². The number of anilines is 1. The summed E-state index contributed by atoms with van der Waals surface area (Å²) in [6.07, 6.45) is 5.03. The number of amides is 1. The molecule has 1 aromatic carbocycles. The molecule has 2 aromatic rings. The lowest BCUT2D eigenvalue weighted by Crippen LogP contribution is -2.38. The number of halogens is 1. The molecule has 0 N–H and O–H groups in total. The van der Waals surface area contributed by atoms with Crippen LogP contribution >= 0.6 is 11.3 Å². The number of carbonyl (C=O) groups is 1. The Morgan fingerprint density at radius 3 is 2.60 bits per heavy atom. The summed E-state index contributed by atoms with van der Waals surface area (Å²) >= 11 is 1.58. The van der Waals surface area contributed by atoms with E-state index in [1.54, 1.807) is 23.5 Å². The molecule has 1 aliphatic carbocycles. The third-order valence-corrected chi connectivity index (χ3v) is 5.64. The lowest BCUT2D eigenvalue weighted by molar-refractivity contribution is -0.115. The maximum Gasteiger partial charge on any atom is 0.254 e. The number of benzene rings is 1. The standard InChI is InChI=1S/C21H24FNOS/c1-14(2)23(21(24)17-6-4-15(3)5-7-17)19-12-20(25-13-19)16-8-10-18(22)11-9-16/h6,8-15H,4-5,7H2,1-3H3/t15-/m0/s1. The molecule has 25 heavy (non-hydrogen) atoms. The maximum atomic E-state index is 13.1. The number of nitrogens with zero attached hydrogens (tertiary/aromatic N) is 1. The van der Waals surface area contributed by atoms with Crippen LogP contribution in [0.25, 0.3) is 10.4 Å². The normalized spacial score (nSPS) is 17.5. The van der Waals surface area contributed by atoms with Gasteiger partial charge in [-0.05, 0) is 62.8 Å². The smallest absolute Gasteiger partial charge is 0.254 e. The molecule has 0 bridgehead atoms. The molecule has 0 unspecified atom stereocenters. The summed E-state index contributed by atoms with van der Waals surface area (Å²) in [4.78, 5) is 16.0. The fraction of sp³-hybridized carbons (Fsp3) is 0.381. The average molecular weight is 357 g/mol. The van der Waals surface area contributed by atoms with Gasteiger partial charge in [0, 0.05) is 21.9 Å². The van der Waals surface area contributed by atoms with Gasteiger partial charge in [-0.1, -0.05) is 25.1 Å². The summed E-state index contributed by atoms with van der Waals surface area (Å²) < 4.78 is 13.1. The highest BCUT2D eigenvalue weighted by atomic mass is 32.1. The Balaban J connectivity index is 1.86. The minimum atomic E-state index is -0.238. The van der Waals surface area contributed by atoms with Crippen LogP contribution in [0.5, 0.6) is 0 Å². The van der Waals surface area contributed by atoms with Crippen LogP contribution in [0, 0.1) is 11.7 Å². The minimum absolute atomic E-state index is 0.0865. The Hall–Kier alpha value is -1.94. The van der Waals surface area contributed by atoms with E-state index >= 15 is 0 Å². The van der Waals surface area contributed by atoms with Gasteiger partial charge in [-0.25, -0.2) is 4.39 Å². The molecule has 0 saturated carbocycles. The van der Waals surface area contributed by atoms with Crippen LogP contribution in [-0.2, 0) is 4.79 Å². The number of rotatable bonds is 4. The highest BCUT2D eigenvalue weighted by Gasteiger charge is 2.25. The summed E-state index contributed by atoms with van der Waals surface area (Å²) in [7, 11) is 0. The molecule has 132 valence electrons. The minimum Gasteiger partial charge on any atom is -0.305 e. The first-order valence-electron chi connectivity index (χ1n) is 8.82. The zero-order valence-corrected chi connectivity index (χ0v) is 15.8. The Kier molecular flexibility index (Phi) is 5.38. The van der Waals surface area contributed by atoms with Gasteiger partial charge in [-0.3, -0.25) is 4.79 Å². The van der Waals surface area contributed by atoms with Gasteiger partial charge >= 0.3 is 0 Å². The molecule has 0 fully saturated rings. The maximum absolute atomic E-state index is 13.1. The second-order valence-corrected chi connectivity index (χ2v) is 7.97. The van der Waals surface area contributed by atoms with Gasteiger partial charge in [0.25, 0.3) is 5.91 Å². The molecular formula is C21H24FNOS. The van der Waals surface area contributed by atoms with Crippen LogP contribution in [0.15, 0.2) is 47.4 Å². The first kappa shape index (κ1) is 17.9. The molecule has 3 rings (SSSR count). The topological polar surface area (TPSA) is 20.3 Å². The molecule has 1 heterocycles. The van der Waals surface area contributed by atoms with E-state index in [1.807, 2.05) is 30.2 Å². The lowest BCUT2D eigenvalue weighted by Gasteiger charge is -2.28. The van der Waals surface area contributed by atoms with Crippen LogP contribution in [0.2, 0.25) is 0 Å².